The first-order chi connectivity index (χ1) is 29.7. The van der Waals surface area contributed by atoms with Crippen molar-refractivity contribution in [3.05, 3.63) is 224 Å². The third kappa shape index (κ3) is 5.73. The van der Waals surface area contributed by atoms with Crippen LogP contribution in [0.5, 0.6) is 0 Å². The lowest BCUT2D eigenvalue weighted by Gasteiger charge is -2.27. The van der Waals surface area contributed by atoms with Gasteiger partial charge in [-0.1, -0.05) is 170 Å². The van der Waals surface area contributed by atoms with E-state index in [0.29, 0.717) is 0 Å². The van der Waals surface area contributed by atoms with Gasteiger partial charge in [0.05, 0.1) is 11.1 Å². The fourth-order valence-corrected chi connectivity index (χ4v) is 9.24. The fraction of sp³-hybridized carbons (Fsp3) is 0. The van der Waals surface area contributed by atoms with Crippen molar-refractivity contribution in [1.29, 1.82) is 0 Å². The van der Waals surface area contributed by atoms with Gasteiger partial charge in [-0.2, -0.15) is 0 Å². The number of anilines is 3. The van der Waals surface area contributed by atoms with Gasteiger partial charge < -0.3 is 9.32 Å². The van der Waals surface area contributed by atoms with Crippen LogP contribution in [0.25, 0.3) is 98.4 Å². The van der Waals surface area contributed by atoms with Crippen molar-refractivity contribution in [2.24, 2.45) is 0 Å². The molecule has 12 rings (SSSR count). The van der Waals surface area contributed by atoms with Gasteiger partial charge in [0.1, 0.15) is 11.2 Å². The van der Waals surface area contributed by atoms with Crippen LogP contribution in [-0.2, 0) is 0 Å². The lowest BCUT2D eigenvalue weighted by atomic mass is 9.96. The largest absolute Gasteiger partial charge is 0.456 e. The van der Waals surface area contributed by atoms with Crippen LogP contribution >= 0.6 is 0 Å². The van der Waals surface area contributed by atoms with Gasteiger partial charge in [0.25, 0.3) is 0 Å². The Bertz CT molecular complexity index is 3600. The number of rotatable bonds is 6. The van der Waals surface area contributed by atoms with E-state index in [2.05, 4.69) is 223 Å². The third-order valence-corrected chi connectivity index (χ3v) is 12.2. The molecule has 0 aliphatic carbocycles. The van der Waals surface area contributed by atoms with Crippen LogP contribution in [0.3, 0.4) is 0 Å². The Kier molecular flexibility index (Phi) is 7.89. The molecule has 2 nitrogen and oxygen atoms in total. The lowest BCUT2D eigenvalue weighted by Crippen LogP contribution is -2.10. The molecule has 0 N–H and O–H groups in total. The average molecular weight is 764 g/mol. The van der Waals surface area contributed by atoms with E-state index in [9.17, 15) is 0 Å². The quantitative estimate of drug-likeness (QED) is 0.157. The van der Waals surface area contributed by atoms with Crippen LogP contribution in [0.2, 0.25) is 0 Å². The standard InChI is InChI=1S/C58H37NO/c1-3-13-50-41(9-1)23-25-46-35-44(29-33-52(46)50)39-21-19-38(20-22-39)43-11-7-12-49(37-43)59(55-16-8-18-57-58(55)54-15-5-6-17-56(54)60-57)48-31-27-40(28-32-48)45-30-34-53-47(36-45)26-24-42-10-2-4-14-51(42)53/h1-37H. The van der Waals surface area contributed by atoms with Gasteiger partial charge in [0.15, 0.2) is 0 Å². The second-order valence-corrected chi connectivity index (χ2v) is 15.7. The van der Waals surface area contributed by atoms with Gasteiger partial charge in [0, 0.05) is 16.8 Å². The minimum absolute atomic E-state index is 0.868. The molecule has 11 aromatic carbocycles. The molecule has 0 fully saturated rings. The zero-order valence-electron chi connectivity index (χ0n) is 32.7. The molecule has 0 bridgehead atoms. The molecule has 0 aliphatic heterocycles. The smallest absolute Gasteiger partial charge is 0.137 e. The molecule has 2 heteroatoms. The second kappa shape index (κ2) is 13.9. The molecular weight excluding hydrogens is 727 g/mol. The Hall–Kier alpha value is -7.94. The normalized spacial score (nSPS) is 11.7. The maximum Gasteiger partial charge on any atom is 0.137 e. The molecule has 0 spiro atoms. The first-order valence-corrected chi connectivity index (χ1v) is 20.6. The molecule has 0 saturated carbocycles. The zero-order valence-corrected chi connectivity index (χ0v) is 32.7. The highest BCUT2D eigenvalue weighted by Gasteiger charge is 2.20. The van der Waals surface area contributed by atoms with Crippen LogP contribution in [0.4, 0.5) is 17.1 Å². The van der Waals surface area contributed by atoms with Gasteiger partial charge in [-0.15, -0.1) is 0 Å². The number of para-hydroxylation sites is 1. The molecule has 1 heterocycles. The third-order valence-electron chi connectivity index (χ3n) is 12.2. The van der Waals surface area contributed by atoms with Crippen molar-refractivity contribution in [3.63, 3.8) is 0 Å². The molecule has 60 heavy (non-hydrogen) atoms. The van der Waals surface area contributed by atoms with Gasteiger partial charge in [-0.3, -0.25) is 0 Å². The van der Waals surface area contributed by atoms with E-state index in [-0.39, 0.29) is 0 Å². The van der Waals surface area contributed by atoms with Crippen LogP contribution in [0.15, 0.2) is 229 Å². The van der Waals surface area contributed by atoms with Crippen molar-refractivity contribution < 1.29 is 4.42 Å². The Morgan fingerprint density at radius 2 is 0.733 bits per heavy atom. The maximum absolute atomic E-state index is 6.41. The van der Waals surface area contributed by atoms with Crippen LogP contribution in [0, 0.1) is 0 Å². The summed E-state index contributed by atoms with van der Waals surface area (Å²) >= 11 is 0. The molecule has 0 unspecified atom stereocenters. The Labute approximate surface area is 347 Å². The lowest BCUT2D eigenvalue weighted by molar-refractivity contribution is 0.669. The van der Waals surface area contributed by atoms with Crippen LogP contribution < -0.4 is 4.90 Å². The van der Waals surface area contributed by atoms with Crippen molar-refractivity contribution in [3.8, 4) is 33.4 Å². The number of hydrogen-bond donors (Lipinski definition) is 0. The molecule has 0 amide bonds. The monoisotopic (exact) mass is 763 g/mol. The summed E-state index contributed by atoms with van der Waals surface area (Å²) in [5, 5.41) is 12.3. The van der Waals surface area contributed by atoms with Crippen molar-refractivity contribution in [2.45, 2.75) is 0 Å². The summed E-state index contributed by atoms with van der Waals surface area (Å²) in [5.41, 5.74) is 12.1. The van der Waals surface area contributed by atoms with Crippen LogP contribution in [-0.4, -0.2) is 0 Å². The van der Waals surface area contributed by atoms with E-state index in [4.69, 9.17) is 4.42 Å². The summed E-state index contributed by atoms with van der Waals surface area (Å²) in [4.78, 5) is 2.37. The average Bonchev–Trinajstić information content (AvgIpc) is 3.71. The summed E-state index contributed by atoms with van der Waals surface area (Å²) in [5.74, 6) is 0. The topological polar surface area (TPSA) is 16.4 Å². The first-order valence-electron chi connectivity index (χ1n) is 20.6. The Morgan fingerprint density at radius 3 is 1.37 bits per heavy atom. The van der Waals surface area contributed by atoms with E-state index in [1.807, 2.05) is 6.07 Å². The molecule has 0 saturated heterocycles. The van der Waals surface area contributed by atoms with Crippen LogP contribution in [0.1, 0.15) is 0 Å². The zero-order chi connectivity index (χ0) is 39.6. The first kappa shape index (κ1) is 34.1. The Balaban J connectivity index is 0.933. The van der Waals surface area contributed by atoms with E-state index in [0.717, 1.165) is 44.6 Å². The van der Waals surface area contributed by atoms with E-state index in [1.165, 1.54) is 70.9 Å². The number of hydrogen-bond acceptors (Lipinski definition) is 2. The minimum Gasteiger partial charge on any atom is -0.456 e. The summed E-state index contributed by atoms with van der Waals surface area (Å²) < 4.78 is 6.41. The molecule has 0 radical (unpaired) electrons. The number of benzene rings is 11. The summed E-state index contributed by atoms with van der Waals surface area (Å²) in [6.07, 6.45) is 0. The summed E-state index contributed by atoms with van der Waals surface area (Å²) in [7, 11) is 0. The van der Waals surface area contributed by atoms with E-state index in [1.54, 1.807) is 0 Å². The maximum atomic E-state index is 6.41. The van der Waals surface area contributed by atoms with Gasteiger partial charge in [0.2, 0.25) is 0 Å². The summed E-state index contributed by atoms with van der Waals surface area (Å²) in [6.45, 7) is 0. The van der Waals surface area contributed by atoms with E-state index >= 15 is 0 Å². The number of furan rings is 1. The van der Waals surface area contributed by atoms with E-state index < -0.39 is 0 Å². The molecule has 1 aromatic heterocycles. The SMILES string of the molecule is c1cc(-c2ccc(-c3ccc4c(ccc5ccccc54)c3)cc2)cc(N(c2ccc(-c3ccc4c(ccc5ccccc54)c3)cc2)c2cccc3oc4ccccc4c23)c1. The second-order valence-electron chi connectivity index (χ2n) is 15.7. The highest BCUT2D eigenvalue weighted by Crippen LogP contribution is 2.44. The highest BCUT2D eigenvalue weighted by molar-refractivity contribution is 6.14. The van der Waals surface area contributed by atoms with Gasteiger partial charge >= 0.3 is 0 Å². The molecule has 0 aliphatic rings. The van der Waals surface area contributed by atoms with Gasteiger partial charge in [-0.05, 0) is 131 Å². The van der Waals surface area contributed by atoms with Gasteiger partial charge in [-0.25, -0.2) is 0 Å². The molecular formula is C58H37NO. The molecule has 280 valence electrons. The fourth-order valence-electron chi connectivity index (χ4n) is 9.24. The van der Waals surface area contributed by atoms with Crippen molar-refractivity contribution in [2.75, 3.05) is 4.90 Å². The highest BCUT2D eigenvalue weighted by atomic mass is 16.3. The number of nitrogens with zero attached hydrogens (tertiary/aromatic N) is 1. The van der Waals surface area contributed by atoms with Crippen molar-refractivity contribution in [1.82, 2.24) is 0 Å². The number of fused-ring (bicyclic) bond motifs is 9. The Morgan fingerprint density at radius 1 is 0.267 bits per heavy atom. The summed E-state index contributed by atoms with van der Waals surface area (Å²) in [6, 6.07) is 81.3. The van der Waals surface area contributed by atoms with Crippen molar-refractivity contribution >= 4 is 82.1 Å². The molecule has 12 aromatic rings. The molecule has 0 atom stereocenters. The predicted octanol–water partition coefficient (Wildman–Crippen LogP) is 16.7. The minimum atomic E-state index is 0.868. The predicted molar refractivity (Wildman–Crippen MR) is 255 cm³/mol.